The summed E-state index contributed by atoms with van der Waals surface area (Å²) in [5.41, 5.74) is 12.9. The third kappa shape index (κ3) is 3.55. The molecular formula is C19H22ClN5O3. The first-order valence-electron chi connectivity index (χ1n) is 8.80. The molecule has 3 rings (SSSR count). The number of primary amides is 1. The minimum atomic E-state index is -0.678. The number of carbonyl (C=O) groups is 2. The highest BCUT2D eigenvalue weighted by Crippen LogP contribution is 2.35. The third-order valence-electron chi connectivity index (χ3n) is 4.85. The number of nitrogens with zero attached hydrogens (tertiary/aromatic N) is 3. The van der Waals surface area contributed by atoms with Crippen LogP contribution < -0.4 is 16.2 Å². The van der Waals surface area contributed by atoms with Gasteiger partial charge in [0.25, 0.3) is 5.91 Å². The maximum Gasteiger partial charge on any atom is 0.254 e. The monoisotopic (exact) mass is 403 g/mol. The van der Waals surface area contributed by atoms with Gasteiger partial charge in [0.1, 0.15) is 22.8 Å². The van der Waals surface area contributed by atoms with Crippen LogP contribution in [-0.2, 0) is 4.79 Å². The zero-order valence-corrected chi connectivity index (χ0v) is 16.3. The molecule has 0 bridgehead atoms. The molecule has 4 N–H and O–H groups in total. The number of nitrogens with two attached hydrogens (primary N) is 2. The Hall–Kier alpha value is -3.00. The number of methoxy groups -OCH3 is 1. The van der Waals surface area contributed by atoms with Crippen LogP contribution in [0.3, 0.4) is 0 Å². The van der Waals surface area contributed by atoms with Crippen molar-refractivity contribution >= 4 is 29.2 Å². The molecule has 1 aromatic carbocycles. The first-order chi connectivity index (χ1) is 13.4. The molecule has 0 saturated carbocycles. The van der Waals surface area contributed by atoms with Crippen molar-refractivity contribution in [3.05, 3.63) is 41.4 Å². The number of hydrogen-bond acceptors (Lipinski definition) is 5. The van der Waals surface area contributed by atoms with Crippen LogP contribution in [0.15, 0.2) is 30.9 Å². The molecule has 0 spiro atoms. The Morgan fingerprint density at radius 1 is 1.43 bits per heavy atom. The van der Waals surface area contributed by atoms with E-state index >= 15 is 0 Å². The highest BCUT2D eigenvalue weighted by atomic mass is 35.5. The molecule has 148 valence electrons. The maximum atomic E-state index is 12.1. The second kappa shape index (κ2) is 7.93. The molecule has 1 saturated heterocycles. The van der Waals surface area contributed by atoms with Gasteiger partial charge >= 0.3 is 0 Å². The van der Waals surface area contributed by atoms with Crippen LogP contribution in [0.25, 0.3) is 11.3 Å². The van der Waals surface area contributed by atoms with E-state index in [4.69, 9.17) is 27.8 Å². The lowest BCUT2D eigenvalue weighted by molar-refractivity contribution is -0.127. The minimum Gasteiger partial charge on any atom is -0.495 e. The largest absolute Gasteiger partial charge is 0.495 e. The summed E-state index contributed by atoms with van der Waals surface area (Å²) in [6.45, 7) is 4.61. The molecular weight excluding hydrogens is 382 g/mol. The first kappa shape index (κ1) is 19.8. The van der Waals surface area contributed by atoms with Gasteiger partial charge in [-0.25, -0.2) is 4.68 Å². The minimum absolute atomic E-state index is 0.136. The van der Waals surface area contributed by atoms with E-state index in [0.717, 1.165) is 12.8 Å². The van der Waals surface area contributed by atoms with Crippen LogP contribution >= 0.6 is 11.6 Å². The Bertz CT molecular complexity index is 940. The highest BCUT2D eigenvalue weighted by molar-refractivity contribution is 6.32. The van der Waals surface area contributed by atoms with Gasteiger partial charge in [0.15, 0.2) is 0 Å². The molecule has 0 radical (unpaired) electrons. The number of ether oxygens (including phenoxy) is 1. The molecule has 9 heteroatoms. The average Bonchev–Trinajstić information content (AvgIpc) is 3.05. The maximum absolute atomic E-state index is 12.1. The fourth-order valence-electron chi connectivity index (χ4n) is 3.46. The lowest BCUT2D eigenvalue weighted by Crippen LogP contribution is -2.40. The molecule has 2 heterocycles. The van der Waals surface area contributed by atoms with Crippen LogP contribution in [0, 0.1) is 0 Å². The molecule has 0 unspecified atom stereocenters. The summed E-state index contributed by atoms with van der Waals surface area (Å²) < 4.78 is 6.83. The summed E-state index contributed by atoms with van der Waals surface area (Å²) in [5, 5.41) is 5.01. The summed E-state index contributed by atoms with van der Waals surface area (Å²) in [5.74, 6) is -0.201. The number of nitrogen functional groups attached to an aromatic ring is 1. The number of piperidine rings is 1. The molecule has 1 atom stereocenters. The van der Waals surface area contributed by atoms with Gasteiger partial charge in [0, 0.05) is 18.7 Å². The van der Waals surface area contributed by atoms with E-state index < -0.39 is 5.91 Å². The van der Waals surface area contributed by atoms with Crippen molar-refractivity contribution in [2.45, 2.75) is 18.9 Å². The summed E-state index contributed by atoms with van der Waals surface area (Å²) >= 11 is 6.09. The van der Waals surface area contributed by atoms with Crippen molar-refractivity contribution in [1.29, 1.82) is 0 Å². The number of halogens is 1. The van der Waals surface area contributed by atoms with Crippen LogP contribution in [0.1, 0.15) is 29.2 Å². The fourth-order valence-corrected chi connectivity index (χ4v) is 3.66. The summed E-state index contributed by atoms with van der Waals surface area (Å²) in [6.07, 6.45) is 2.85. The van der Waals surface area contributed by atoms with Gasteiger partial charge in [0.05, 0.1) is 18.2 Å². The zero-order valence-electron chi connectivity index (χ0n) is 15.5. The van der Waals surface area contributed by atoms with Gasteiger partial charge in [-0.3, -0.25) is 9.59 Å². The van der Waals surface area contributed by atoms with Gasteiger partial charge in [-0.1, -0.05) is 24.2 Å². The number of hydrogen-bond donors (Lipinski definition) is 2. The van der Waals surface area contributed by atoms with Crippen molar-refractivity contribution in [1.82, 2.24) is 14.7 Å². The van der Waals surface area contributed by atoms with E-state index in [1.54, 1.807) is 27.8 Å². The first-order valence-corrected chi connectivity index (χ1v) is 9.18. The SMILES string of the molecule is C=CC(=O)N1CCC[C@@H](n2nc(-c3ccc(Cl)c(OC)c3)c(C(N)=O)c2N)C1. The summed E-state index contributed by atoms with van der Waals surface area (Å²) in [4.78, 5) is 25.8. The summed E-state index contributed by atoms with van der Waals surface area (Å²) in [6, 6.07) is 4.88. The van der Waals surface area contributed by atoms with Gasteiger partial charge in [-0.2, -0.15) is 5.10 Å². The van der Waals surface area contributed by atoms with Gasteiger partial charge in [-0.15, -0.1) is 0 Å². The van der Waals surface area contributed by atoms with Gasteiger partial charge in [0.2, 0.25) is 5.91 Å². The van der Waals surface area contributed by atoms with E-state index in [0.29, 0.717) is 35.1 Å². The van der Waals surface area contributed by atoms with Crippen molar-refractivity contribution in [3.63, 3.8) is 0 Å². The number of carbonyl (C=O) groups excluding carboxylic acids is 2. The van der Waals surface area contributed by atoms with Crippen molar-refractivity contribution < 1.29 is 14.3 Å². The Morgan fingerprint density at radius 2 is 2.18 bits per heavy atom. The normalized spacial score (nSPS) is 16.6. The lowest BCUT2D eigenvalue weighted by atomic mass is 10.1. The molecule has 1 aliphatic rings. The van der Waals surface area contributed by atoms with Crippen LogP contribution in [0.4, 0.5) is 5.82 Å². The predicted molar refractivity (Wildman–Crippen MR) is 107 cm³/mol. The molecule has 1 fully saturated rings. The predicted octanol–water partition coefficient (Wildman–Crippen LogP) is 2.24. The average molecular weight is 404 g/mol. The quantitative estimate of drug-likeness (QED) is 0.742. The molecule has 2 aromatic rings. The number of likely N-dealkylation sites (tertiary alicyclic amines) is 1. The van der Waals surface area contributed by atoms with Crippen LogP contribution in [0.2, 0.25) is 5.02 Å². The van der Waals surface area contributed by atoms with E-state index in [9.17, 15) is 9.59 Å². The smallest absolute Gasteiger partial charge is 0.254 e. The van der Waals surface area contributed by atoms with E-state index in [-0.39, 0.29) is 23.3 Å². The van der Waals surface area contributed by atoms with Gasteiger partial charge < -0.3 is 21.1 Å². The van der Waals surface area contributed by atoms with Crippen molar-refractivity contribution in [2.24, 2.45) is 5.73 Å². The lowest BCUT2D eigenvalue weighted by Gasteiger charge is -2.32. The fraction of sp³-hybridized carbons (Fsp3) is 0.316. The topological polar surface area (TPSA) is 116 Å². The van der Waals surface area contributed by atoms with E-state index in [1.807, 2.05) is 0 Å². The van der Waals surface area contributed by atoms with Crippen molar-refractivity contribution in [2.75, 3.05) is 25.9 Å². The number of aromatic nitrogens is 2. The Labute approximate surface area is 167 Å². The molecule has 1 aromatic heterocycles. The molecule has 1 aliphatic heterocycles. The third-order valence-corrected chi connectivity index (χ3v) is 5.16. The Balaban J connectivity index is 2.05. The number of benzene rings is 1. The molecule has 0 aliphatic carbocycles. The number of anilines is 1. The Morgan fingerprint density at radius 3 is 2.82 bits per heavy atom. The van der Waals surface area contributed by atoms with Crippen LogP contribution in [-0.4, -0.2) is 46.7 Å². The standard InChI is InChI=1S/C19H22ClN5O3/c1-3-15(26)24-8-4-5-12(10-24)25-18(21)16(19(22)27)17(23-25)11-6-7-13(20)14(9-11)28-2/h3,6-7,9,12H,1,4-5,8,10,21H2,2H3,(H2,22,27)/t12-/m1/s1. The zero-order chi connectivity index (χ0) is 20.4. The second-order valence-corrected chi connectivity index (χ2v) is 6.96. The number of rotatable bonds is 5. The second-order valence-electron chi connectivity index (χ2n) is 6.55. The van der Waals surface area contributed by atoms with Gasteiger partial charge in [-0.05, 0) is 31.1 Å². The van der Waals surface area contributed by atoms with Crippen molar-refractivity contribution in [3.8, 4) is 17.0 Å². The Kier molecular flexibility index (Phi) is 5.60. The van der Waals surface area contributed by atoms with E-state index in [2.05, 4.69) is 11.7 Å². The highest BCUT2D eigenvalue weighted by Gasteiger charge is 2.29. The molecule has 28 heavy (non-hydrogen) atoms. The van der Waals surface area contributed by atoms with E-state index in [1.165, 1.54) is 13.2 Å². The molecule has 8 nitrogen and oxygen atoms in total. The van der Waals surface area contributed by atoms with Crippen LogP contribution in [0.5, 0.6) is 5.75 Å². The molecule has 2 amide bonds. The summed E-state index contributed by atoms with van der Waals surface area (Å²) in [7, 11) is 1.50. The number of amides is 2.